The summed E-state index contributed by atoms with van der Waals surface area (Å²) in [6.45, 7) is 1.34. The van der Waals surface area contributed by atoms with Crippen molar-refractivity contribution in [3.05, 3.63) is 0 Å². The second-order valence-electron chi connectivity index (χ2n) is 5.66. The smallest absolute Gasteiger partial charge is 0.209 e. The second-order valence-corrected chi connectivity index (χ2v) is 6.93. The summed E-state index contributed by atoms with van der Waals surface area (Å²) in [7, 11) is 3.23. The molecule has 2 heterocycles. The summed E-state index contributed by atoms with van der Waals surface area (Å²) in [6, 6.07) is 0. The van der Waals surface area contributed by atoms with Gasteiger partial charge in [0.15, 0.2) is 6.29 Å². The minimum atomic E-state index is -0.333. The maximum atomic E-state index is 5.97. The highest BCUT2D eigenvalue weighted by Gasteiger charge is 2.43. The minimum Gasteiger partial charge on any atom is -0.375 e. The van der Waals surface area contributed by atoms with Gasteiger partial charge in [-0.25, -0.2) is 4.68 Å². The summed E-state index contributed by atoms with van der Waals surface area (Å²) in [5, 5.41) is 13.3. The highest BCUT2D eigenvalue weighted by Crippen LogP contribution is 2.45. The molecule has 8 heteroatoms. The number of aromatic nitrogens is 4. The monoisotopic (exact) mass is 314 g/mol. The largest absolute Gasteiger partial charge is 0.375 e. The number of nitrogens with zero attached hydrogens (tertiary/aromatic N) is 4. The zero-order valence-electron chi connectivity index (χ0n) is 12.5. The van der Waals surface area contributed by atoms with E-state index in [0.29, 0.717) is 11.8 Å². The first-order chi connectivity index (χ1) is 10.2. The Kier molecular flexibility index (Phi) is 4.78. The number of hydrogen-bond acceptors (Lipinski definition) is 7. The zero-order chi connectivity index (χ0) is 14.7. The molecule has 1 aromatic rings. The van der Waals surface area contributed by atoms with Crippen LogP contribution >= 0.6 is 11.8 Å². The minimum absolute atomic E-state index is 0.149. The van der Waals surface area contributed by atoms with E-state index in [1.165, 1.54) is 19.3 Å². The Morgan fingerprint density at radius 1 is 1.43 bits per heavy atom. The molecule has 1 aromatic heterocycles. The molecule has 2 aliphatic rings. The van der Waals surface area contributed by atoms with Crippen molar-refractivity contribution in [2.24, 2.45) is 0 Å². The Hall–Kier alpha value is -0.700. The van der Waals surface area contributed by atoms with Crippen molar-refractivity contribution in [3.8, 4) is 0 Å². The Labute approximate surface area is 128 Å². The van der Waals surface area contributed by atoms with Gasteiger partial charge in [-0.2, -0.15) is 0 Å². The lowest BCUT2D eigenvalue weighted by atomic mass is 9.75. The van der Waals surface area contributed by atoms with Gasteiger partial charge < -0.3 is 14.2 Å². The fourth-order valence-corrected chi connectivity index (χ4v) is 4.15. The first-order valence-electron chi connectivity index (χ1n) is 7.37. The van der Waals surface area contributed by atoms with Crippen LogP contribution < -0.4 is 0 Å². The van der Waals surface area contributed by atoms with Crippen molar-refractivity contribution >= 4 is 11.8 Å². The fourth-order valence-electron chi connectivity index (χ4n) is 2.93. The summed E-state index contributed by atoms with van der Waals surface area (Å²) < 4.78 is 18.1. The maximum Gasteiger partial charge on any atom is 0.209 e. The van der Waals surface area contributed by atoms with Crippen molar-refractivity contribution in [1.29, 1.82) is 0 Å². The van der Waals surface area contributed by atoms with Gasteiger partial charge >= 0.3 is 0 Å². The second kappa shape index (κ2) is 6.60. The average molecular weight is 314 g/mol. The number of thioether (sulfide) groups is 1. The third-order valence-corrected chi connectivity index (χ3v) is 5.57. The molecule has 1 saturated carbocycles. The van der Waals surface area contributed by atoms with Crippen molar-refractivity contribution in [3.63, 3.8) is 0 Å². The van der Waals surface area contributed by atoms with Crippen molar-refractivity contribution in [1.82, 2.24) is 20.2 Å². The molecule has 1 aliphatic carbocycles. The molecule has 7 nitrogen and oxygen atoms in total. The van der Waals surface area contributed by atoms with E-state index in [4.69, 9.17) is 14.2 Å². The Morgan fingerprint density at radius 2 is 2.24 bits per heavy atom. The fraction of sp³-hybridized carbons (Fsp3) is 0.923. The van der Waals surface area contributed by atoms with Gasteiger partial charge in [0.1, 0.15) is 0 Å². The van der Waals surface area contributed by atoms with E-state index in [9.17, 15) is 0 Å². The molecular formula is C13H22N4O3S. The van der Waals surface area contributed by atoms with Crippen LogP contribution in [0.4, 0.5) is 0 Å². The van der Waals surface area contributed by atoms with Crippen LogP contribution in [0.15, 0.2) is 5.16 Å². The number of tetrazole rings is 1. The number of methoxy groups -OCH3 is 2. The molecule has 118 valence electrons. The van der Waals surface area contributed by atoms with Gasteiger partial charge in [0.25, 0.3) is 0 Å². The zero-order valence-corrected chi connectivity index (χ0v) is 13.3. The molecule has 1 aliphatic heterocycles. The molecule has 1 saturated heterocycles. The summed E-state index contributed by atoms with van der Waals surface area (Å²) in [5.41, 5.74) is 0.149. The molecule has 0 amide bonds. The molecule has 21 heavy (non-hydrogen) atoms. The molecule has 3 rings (SSSR count). The van der Waals surface area contributed by atoms with Crippen LogP contribution in [0.25, 0.3) is 0 Å². The Balaban J connectivity index is 1.61. The van der Waals surface area contributed by atoms with Crippen LogP contribution in [0.5, 0.6) is 0 Å². The van der Waals surface area contributed by atoms with E-state index in [2.05, 4.69) is 15.5 Å². The molecule has 2 fully saturated rings. The highest BCUT2D eigenvalue weighted by molar-refractivity contribution is 7.99. The quantitative estimate of drug-likeness (QED) is 0.737. The predicted molar refractivity (Wildman–Crippen MR) is 77.0 cm³/mol. The topological polar surface area (TPSA) is 71.3 Å². The first kappa shape index (κ1) is 15.2. The van der Waals surface area contributed by atoms with E-state index in [1.54, 1.807) is 30.7 Å². The Bertz CT molecular complexity index is 462. The molecule has 0 radical (unpaired) electrons. The number of rotatable bonds is 6. The molecule has 1 unspecified atom stereocenters. The van der Waals surface area contributed by atoms with E-state index in [0.717, 1.165) is 24.6 Å². The SMILES string of the molecule is COC(Cn1nnnc1SC1CCOC2(CCC2)C1)OC. The summed E-state index contributed by atoms with van der Waals surface area (Å²) in [4.78, 5) is 0. The summed E-state index contributed by atoms with van der Waals surface area (Å²) in [5.74, 6) is 0. The number of ether oxygens (including phenoxy) is 3. The van der Waals surface area contributed by atoms with Crippen molar-refractivity contribution in [2.75, 3.05) is 20.8 Å². The van der Waals surface area contributed by atoms with Gasteiger partial charge in [-0.15, -0.1) is 5.10 Å². The van der Waals surface area contributed by atoms with Crippen LogP contribution in [-0.2, 0) is 20.8 Å². The maximum absolute atomic E-state index is 5.97. The number of hydrogen-bond donors (Lipinski definition) is 0. The van der Waals surface area contributed by atoms with Crippen LogP contribution in [-0.4, -0.2) is 58.2 Å². The first-order valence-corrected chi connectivity index (χ1v) is 8.25. The van der Waals surface area contributed by atoms with Gasteiger partial charge in [0.2, 0.25) is 5.16 Å². The van der Waals surface area contributed by atoms with Crippen LogP contribution in [0.2, 0.25) is 0 Å². The van der Waals surface area contributed by atoms with E-state index < -0.39 is 0 Å². The lowest BCUT2D eigenvalue weighted by Gasteiger charge is -2.46. The van der Waals surface area contributed by atoms with Crippen LogP contribution in [0.1, 0.15) is 32.1 Å². The Morgan fingerprint density at radius 3 is 2.90 bits per heavy atom. The van der Waals surface area contributed by atoms with Crippen LogP contribution in [0.3, 0.4) is 0 Å². The highest BCUT2D eigenvalue weighted by atomic mass is 32.2. The molecule has 0 aromatic carbocycles. The van der Waals surface area contributed by atoms with Gasteiger partial charge in [-0.3, -0.25) is 0 Å². The molecule has 0 bridgehead atoms. The molecular weight excluding hydrogens is 292 g/mol. The van der Waals surface area contributed by atoms with Gasteiger partial charge in [-0.1, -0.05) is 11.8 Å². The lowest BCUT2D eigenvalue weighted by molar-refractivity contribution is -0.125. The van der Waals surface area contributed by atoms with Crippen molar-refractivity contribution < 1.29 is 14.2 Å². The predicted octanol–water partition coefficient (Wildman–Crippen LogP) is 1.49. The van der Waals surface area contributed by atoms with Gasteiger partial charge in [-0.05, 0) is 42.5 Å². The third kappa shape index (κ3) is 3.39. The normalized spacial score (nSPS) is 24.4. The van der Waals surface area contributed by atoms with Gasteiger partial charge in [0, 0.05) is 26.1 Å². The summed E-state index contributed by atoms with van der Waals surface area (Å²) >= 11 is 1.75. The third-order valence-electron chi connectivity index (χ3n) is 4.33. The lowest BCUT2D eigenvalue weighted by Crippen LogP contribution is -2.46. The van der Waals surface area contributed by atoms with E-state index >= 15 is 0 Å². The van der Waals surface area contributed by atoms with E-state index in [1.807, 2.05) is 0 Å². The van der Waals surface area contributed by atoms with Crippen LogP contribution in [0, 0.1) is 0 Å². The average Bonchev–Trinajstić information content (AvgIpc) is 2.90. The summed E-state index contributed by atoms with van der Waals surface area (Å²) in [6.07, 6.45) is 5.51. The van der Waals surface area contributed by atoms with E-state index in [-0.39, 0.29) is 11.9 Å². The van der Waals surface area contributed by atoms with Crippen molar-refractivity contribution in [2.45, 2.75) is 60.9 Å². The molecule has 0 N–H and O–H groups in total. The van der Waals surface area contributed by atoms with Gasteiger partial charge in [0.05, 0.1) is 12.1 Å². The molecule has 1 spiro atoms. The molecule has 1 atom stereocenters. The standard InChI is InChI=1S/C13H22N4O3S/c1-18-11(19-2)9-17-12(14-15-16-17)21-10-4-7-20-13(8-10)5-3-6-13/h10-11H,3-9H2,1-2H3.